The fourth-order valence-corrected chi connectivity index (χ4v) is 1.09. The van der Waals surface area contributed by atoms with Crippen LogP contribution in [0.2, 0.25) is 0 Å². The number of Topliss-reactive ketones (excluding diaryl/α,β-unsaturated/α-hetero) is 1. The van der Waals surface area contributed by atoms with E-state index in [-0.39, 0.29) is 12.4 Å². The molecule has 1 N–H and O–H groups in total. The van der Waals surface area contributed by atoms with Crippen LogP contribution in [0, 0.1) is 0 Å². The average molecular weight is 200 g/mol. The molecule has 0 radical (unpaired) electrons. The van der Waals surface area contributed by atoms with E-state index >= 15 is 0 Å². The first-order chi connectivity index (χ1) is 6.20. The fourth-order valence-electron chi connectivity index (χ4n) is 0.835. The first kappa shape index (κ1) is 10.1. The molecule has 1 aromatic rings. The summed E-state index contributed by atoms with van der Waals surface area (Å²) in [4.78, 5) is 19.5. The van der Waals surface area contributed by atoms with E-state index in [0.717, 1.165) is 0 Å². The number of carbonyl (C=O) groups is 1. The van der Waals surface area contributed by atoms with Gasteiger partial charge in [0, 0.05) is 5.56 Å². The highest BCUT2D eigenvalue weighted by Gasteiger charge is 2.05. The topological polar surface area (TPSA) is 63.6 Å². The first-order valence-electron chi connectivity index (χ1n) is 3.64. The van der Waals surface area contributed by atoms with E-state index in [0.29, 0.717) is 5.56 Å². The molecule has 0 saturated heterocycles. The van der Waals surface area contributed by atoms with E-state index in [4.69, 9.17) is 4.89 Å². The van der Waals surface area contributed by atoms with Gasteiger partial charge in [-0.3, -0.25) is 9.36 Å². The molecule has 0 amide bonds. The van der Waals surface area contributed by atoms with E-state index in [1.54, 1.807) is 30.3 Å². The highest BCUT2D eigenvalue weighted by Crippen LogP contribution is 2.14. The van der Waals surface area contributed by atoms with Crippen molar-refractivity contribution in [3.8, 4) is 0 Å². The van der Waals surface area contributed by atoms with Gasteiger partial charge in [-0.2, -0.15) is 0 Å². The van der Waals surface area contributed by atoms with Crippen LogP contribution in [0.3, 0.4) is 0 Å². The second kappa shape index (κ2) is 4.92. The van der Waals surface area contributed by atoms with E-state index in [1.165, 1.54) is 0 Å². The van der Waals surface area contributed by atoms with Crippen molar-refractivity contribution < 1.29 is 18.8 Å². The second-order valence-electron chi connectivity index (χ2n) is 2.34. The fraction of sp³-hybridized carbons (Fsp3) is 0.125. The molecule has 1 rings (SSSR count). The van der Waals surface area contributed by atoms with Gasteiger partial charge in [0.25, 0.3) is 0 Å². The minimum absolute atomic E-state index is 0.298. The molecule has 0 spiro atoms. The van der Waals surface area contributed by atoms with Crippen LogP contribution in [0.4, 0.5) is 0 Å². The third kappa shape index (κ3) is 3.51. The molecular formula is C8H9O4P. The predicted octanol–water partition coefficient (Wildman–Crippen LogP) is 1.27. The lowest BCUT2D eigenvalue weighted by molar-refractivity contribution is 0.0917. The Hall–Kier alpha value is -0.960. The van der Waals surface area contributed by atoms with Crippen LogP contribution in [0.15, 0.2) is 30.3 Å². The normalized spacial score (nSPS) is 12.4. The lowest BCUT2D eigenvalue weighted by Crippen LogP contribution is -2.05. The van der Waals surface area contributed by atoms with Crippen LogP contribution in [-0.4, -0.2) is 17.3 Å². The van der Waals surface area contributed by atoms with Crippen LogP contribution in [0.25, 0.3) is 0 Å². The van der Waals surface area contributed by atoms with Gasteiger partial charge in [0.2, 0.25) is 0 Å². The van der Waals surface area contributed by atoms with Gasteiger partial charge in [-0.1, -0.05) is 30.3 Å². The smallest absolute Gasteiger partial charge is 0.317 e. The average Bonchev–Trinajstić information content (AvgIpc) is 2.15. The van der Waals surface area contributed by atoms with Gasteiger partial charge in [-0.25, -0.2) is 0 Å². The zero-order chi connectivity index (χ0) is 9.68. The van der Waals surface area contributed by atoms with Crippen molar-refractivity contribution in [2.24, 2.45) is 0 Å². The van der Waals surface area contributed by atoms with Crippen LogP contribution >= 0.6 is 8.25 Å². The van der Waals surface area contributed by atoms with Gasteiger partial charge in [0.05, 0.1) is 0 Å². The zero-order valence-electron chi connectivity index (χ0n) is 6.77. The van der Waals surface area contributed by atoms with Crippen molar-refractivity contribution in [2.75, 3.05) is 6.61 Å². The van der Waals surface area contributed by atoms with Crippen LogP contribution in [-0.2, 0) is 9.09 Å². The Labute approximate surface area is 76.1 Å². The molecule has 4 nitrogen and oxygen atoms in total. The van der Waals surface area contributed by atoms with Gasteiger partial charge >= 0.3 is 8.25 Å². The summed E-state index contributed by atoms with van der Waals surface area (Å²) in [5.74, 6) is -0.298. The number of carbonyl (C=O) groups excluding carboxylic acids is 1. The van der Waals surface area contributed by atoms with Crippen molar-refractivity contribution in [3.05, 3.63) is 35.9 Å². The van der Waals surface area contributed by atoms with Gasteiger partial charge in [-0.05, 0) is 0 Å². The maximum absolute atomic E-state index is 11.2. The van der Waals surface area contributed by atoms with Gasteiger partial charge in [0.1, 0.15) is 6.61 Å². The Morgan fingerprint density at radius 1 is 1.38 bits per heavy atom. The molecule has 1 aromatic carbocycles. The SMILES string of the molecule is O=C(CO[PH](=O)O)c1ccccc1. The molecule has 0 aliphatic carbocycles. The molecule has 70 valence electrons. The van der Waals surface area contributed by atoms with Gasteiger partial charge in [-0.15, -0.1) is 0 Å². The molecule has 0 saturated carbocycles. The van der Waals surface area contributed by atoms with Crippen molar-refractivity contribution in [1.82, 2.24) is 0 Å². The third-order valence-corrected chi connectivity index (χ3v) is 1.81. The van der Waals surface area contributed by atoms with E-state index < -0.39 is 8.25 Å². The lowest BCUT2D eigenvalue weighted by Gasteiger charge is -1.98. The summed E-state index contributed by atoms with van der Waals surface area (Å²) >= 11 is 0. The number of rotatable bonds is 4. The summed E-state index contributed by atoms with van der Waals surface area (Å²) in [5, 5.41) is 0. The Kier molecular flexibility index (Phi) is 3.83. The Bertz CT molecular complexity index is 309. The van der Waals surface area contributed by atoms with E-state index in [1.807, 2.05) is 0 Å². The minimum Gasteiger partial charge on any atom is -0.326 e. The van der Waals surface area contributed by atoms with Crippen molar-refractivity contribution in [2.45, 2.75) is 0 Å². The summed E-state index contributed by atoms with van der Waals surface area (Å²) in [6.07, 6.45) is 0. The summed E-state index contributed by atoms with van der Waals surface area (Å²) in [6, 6.07) is 8.47. The quantitative estimate of drug-likeness (QED) is 0.587. The summed E-state index contributed by atoms with van der Waals surface area (Å²) in [7, 11) is -3.01. The van der Waals surface area contributed by atoms with E-state index in [9.17, 15) is 9.36 Å². The molecule has 0 bridgehead atoms. The molecule has 0 heterocycles. The zero-order valence-corrected chi connectivity index (χ0v) is 7.77. The highest BCUT2D eigenvalue weighted by atomic mass is 31.1. The Morgan fingerprint density at radius 3 is 2.54 bits per heavy atom. The molecule has 1 unspecified atom stereocenters. The molecule has 1 atom stereocenters. The van der Waals surface area contributed by atoms with Crippen LogP contribution in [0.5, 0.6) is 0 Å². The molecule has 0 fully saturated rings. The van der Waals surface area contributed by atoms with Crippen LogP contribution < -0.4 is 0 Å². The monoisotopic (exact) mass is 200 g/mol. The molecule has 0 aliphatic rings. The second-order valence-corrected chi connectivity index (χ2v) is 3.16. The first-order valence-corrected chi connectivity index (χ1v) is 4.90. The molecular weight excluding hydrogens is 191 g/mol. The van der Waals surface area contributed by atoms with Crippen molar-refractivity contribution in [3.63, 3.8) is 0 Å². The minimum atomic E-state index is -3.01. The number of hydrogen-bond acceptors (Lipinski definition) is 3. The van der Waals surface area contributed by atoms with Crippen molar-refractivity contribution >= 4 is 14.0 Å². The summed E-state index contributed by atoms with van der Waals surface area (Å²) < 4.78 is 14.5. The number of hydrogen-bond donors (Lipinski definition) is 1. The van der Waals surface area contributed by atoms with Gasteiger partial charge < -0.3 is 9.42 Å². The molecule has 5 heteroatoms. The van der Waals surface area contributed by atoms with Crippen LogP contribution in [0.1, 0.15) is 10.4 Å². The Morgan fingerprint density at radius 2 is 2.00 bits per heavy atom. The predicted molar refractivity (Wildman–Crippen MR) is 47.9 cm³/mol. The standard InChI is InChI=1S/C8H9O4P/c9-8(6-12-13(10)11)7-4-2-1-3-5-7/h1-5,13H,6H2,(H,10,11). The third-order valence-electron chi connectivity index (χ3n) is 1.42. The molecule has 0 aromatic heterocycles. The van der Waals surface area contributed by atoms with Crippen molar-refractivity contribution in [1.29, 1.82) is 0 Å². The van der Waals surface area contributed by atoms with Gasteiger partial charge in [0.15, 0.2) is 5.78 Å². The number of benzene rings is 1. The maximum Gasteiger partial charge on any atom is 0.317 e. The number of ketones is 1. The van der Waals surface area contributed by atoms with E-state index in [2.05, 4.69) is 4.52 Å². The maximum atomic E-state index is 11.2. The molecule has 13 heavy (non-hydrogen) atoms. The lowest BCUT2D eigenvalue weighted by atomic mass is 10.1. The largest absolute Gasteiger partial charge is 0.326 e. The summed E-state index contributed by atoms with van der Waals surface area (Å²) in [5.41, 5.74) is 0.478. The highest BCUT2D eigenvalue weighted by molar-refractivity contribution is 7.32. The molecule has 0 aliphatic heterocycles. The Balaban J connectivity index is 2.54. The summed E-state index contributed by atoms with van der Waals surface area (Å²) in [6.45, 7) is -0.349.